The molecule has 0 aliphatic heterocycles. The fraction of sp³-hybridized carbons (Fsp3) is 0.600. The van der Waals surface area contributed by atoms with Crippen LogP contribution in [0.3, 0.4) is 0 Å². The van der Waals surface area contributed by atoms with Gasteiger partial charge in [0.2, 0.25) is 0 Å². The van der Waals surface area contributed by atoms with Crippen LogP contribution in [0, 0.1) is 23.6 Å². The molecular weight excluding hydrogens is 335 g/mol. The Morgan fingerprint density at radius 2 is 1.81 bits per heavy atom. The summed E-state index contributed by atoms with van der Waals surface area (Å²) in [7, 11) is 1.52. The van der Waals surface area contributed by atoms with Crippen molar-refractivity contribution in [2.24, 2.45) is 17.8 Å². The first kappa shape index (κ1) is 18.8. The van der Waals surface area contributed by atoms with Crippen molar-refractivity contribution in [3.8, 4) is 5.75 Å². The molecule has 2 aromatic rings. The third kappa shape index (κ3) is 3.86. The molecule has 2 saturated carbocycles. The second kappa shape index (κ2) is 8.20. The monoisotopic (exact) mass is 368 g/mol. The Kier molecular flexibility index (Phi) is 5.71. The zero-order valence-corrected chi connectivity index (χ0v) is 16.8. The number of ether oxygens (including phenoxy) is 1. The first-order chi connectivity index (χ1) is 13.2. The van der Waals surface area contributed by atoms with Crippen molar-refractivity contribution in [1.29, 1.82) is 0 Å². The highest BCUT2D eigenvalue weighted by molar-refractivity contribution is 5.85. The molecule has 2 aliphatic carbocycles. The molecule has 4 atom stereocenters. The highest BCUT2D eigenvalue weighted by Gasteiger charge is 2.35. The summed E-state index contributed by atoms with van der Waals surface area (Å²) in [5.41, 5.74) is 1.40. The average Bonchev–Trinajstić information content (AvgIpc) is 2.71. The summed E-state index contributed by atoms with van der Waals surface area (Å²) >= 11 is 0. The molecule has 4 unspecified atom stereocenters. The van der Waals surface area contributed by atoms with Crippen LogP contribution in [0.25, 0.3) is 10.8 Å². The molecule has 2 fully saturated rings. The van der Waals surface area contributed by atoms with E-state index in [0.717, 1.165) is 23.1 Å². The molecule has 0 spiro atoms. The zero-order chi connectivity index (χ0) is 18.8. The van der Waals surface area contributed by atoms with E-state index in [1.54, 1.807) is 6.07 Å². The van der Waals surface area contributed by atoms with Gasteiger partial charge in [0.15, 0.2) is 11.6 Å². The van der Waals surface area contributed by atoms with Gasteiger partial charge in [-0.2, -0.15) is 0 Å². The van der Waals surface area contributed by atoms with E-state index in [9.17, 15) is 4.39 Å². The maximum Gasteiger partial charge on any atom is 0.172 e. The lowest BCUT2D eigenvalue weighted by Gasteiger charge is -2.42. The SMILES string of the molecule is CCCCC1CCC2CC(c3ccc4c(F)c(OC)ccc4c3)CCC2C1. The van der Waals surface area contributed by atoms with Gasteiger partial charge in [0.25, 0.3) is 0 Å². The minimum atomic E-state index is -0.240. The summed E-state index contributed by atoms with van der Waals surface area (Å²) in [6, 6.07) is 10.1. The van der Waals surface area contributed by atoms with E-state index in [1.165, 1.54) is 70.5 Å². The van der Waals surface area contributed by atoms with E-state index in [2.05, 4.69) is 19.1 Å². The van der Waals surface area contributed by atoms with Gasteiger partial charge in [0.05, 0.1) is 7.11 Å². The molecular formula is C25H33FO. The van der Waals surface area contributed by atoms with Crippen LogP contribution >= 0.6 is 0 Å². The van der Waals surface area contributed by atoms with Crippen LogP contribution in [-0.4, -0.2) is 7.11 Å². The summed E-state index contributed by atoms with van der Waals surface area (Å²) in [6.45, 7) is 2.31. The minimum absolute atomic E-state index is 0.240. The number of benzene rings is 2. The number of hydrogen-bond donors (Lipinski definition) is 0. The number of unbranched alkanes of at least 4 members (excludes halogenated alkanes) is 1. The highest BCUT2D eigenvalue weighted by atomic mass is 19.1. The van der Waals surface area contributed by atoms with Crippen LogP contribution in [0.1, 0.15) is 76.2 Å². The molecule has 0 radical (unpaired) electrons. The van der Waals surface area contributed by atoms with Crippen LogP contribution in [0.4, 0.5) is 4.39 Å². The largest absolute Gasteiger partial charge is 0.494 e. The van der Waals surface area contributed by atoms with Gasteiger partial charge in [-0.1, -0.05) is 56.9 Å². The number of halogens is 1. The smallest absolute Gasteiger partial charge is 0.172 e. The molecule has 146 valence electrons. The highest BCUT2D eigenvalue weighted by Crippen LogP contribution is 2.48. The number of rotatable bonds is 5. The topological polar surface area (TPSA) is 9.23 Å². The molecule has 0 amide bonds. The summed E-state index contributed by atoms with van der Waals surface area (Å²) in [5.74, 6) is 3.59. The quantitative estimate of drug-likeness (QED) is 0.531. The Morgan fingerprint density at radius 1 is 1.00 bits per heavy atom. The first-order valence-corrected chi connectivity index (χ1v) is 11.0. The molecule has 0 aromatic heterocycles. The normalized spacial score (nSPS) is 28.1. The fourth-order valence-electron chi connectivity index (χ4n) is 5.75. The Hall–Kier alpha value is -1.57. The van der Waals surface area contributed by atoms with Crippen molar-refractivity contribution < 1.29 is 9.13 Å². The Bertz CT molecular complexity index is 783. The van der Waals surface area contributed by atoms with Gasteiger partial charge in [-0.3, -0.25) is 0 Å². The van der Waals surface area contributed by atoms with Crippen molar-refractivity contribution in [1.82, 2.24) is 0 Å². The van der Waals surface area contributed by atoms with Gasteiger partial charge in [-0.05, 0) is 72.8 Å². The fourth-order valence-corrected chi connectivity index (χ4v) is 5.75. The summed E-state index contributed by atoms with van der Waals surface area (Å²) in [5, 5.41) is 1.67. The second-order valence-electron chi connectivity index (χ2n) is 8.91. The van der Waals surface area contributed by atoms with Crippen molar-refractivity contribution in [2.45, 2.75) is 70.6 Å². The summed E-state index contributed by atoms with van der Waals surface area (Å²) in [4.78, 5) is 0. The molecule has 2 aliphatic rings. The van der Waals surface area contributed by atoms with Gasteiger partial charge in [0, 0.05) is 5.39 Å². The van der Waals surface area contributed by atoms with Crippen molar-refractivity contribution in [3.05, 3.63) is 41.7 Å². The standard InChI is InChI=1S/C25H33FO/c1-3-4-5-17-6-7-19-15-20(9-8-18(19)14-17)21-10-12-23-22(16-21)11-13-24(27-2)25(23)26/h10-13,16-20H,3-9,14-15H2,1-2H3. The second-order valence-corrected chi connectivity index (χ2v) is 8.91. The van der Waals surface area contributed by atoms with Gasteiger partial charge in [-0.15, -0.1) is 0 Å². The molecule has 0 heterocycles. The van der Waals surface area contributed by atoms with Crippen LogP contribution in [0.2, 0.25) is 0 Å². The van der Waals surface area contributed by atoms with Crippen LogP contribution in [0.5, 0.6) is 5.75 Å². The molecule has 0 saturated heterocycles. The van der Waals surface area contributed by atoms with Gasteiger partial charge >= 0.3 is 0 Å². The lowest BCUT2D eigenvalue weighted by atomic mass is 9.63. The maximum absolute atomic E-state index is 14.5. The number of fused-ring (bicyclic) bond motifs is 2. The zero-order valence-electron chi connectivity index (χ0n) is 16.8. The summed E-state index contributed by atoms with van der Waals surface area (Å²) < 4.78 is 19.6. The van der Waals surface area contributed by atoms with E-state index >= 15 is 0 Å². The van der Waals surface area contributed by atoms with Crippen LogP contribution in [-0.2, 0) is 0 Å². The van der Waals surface area contributed by atoms with Crippen LogP contribution in [0.15, 0.2) is 30.3 Å². The molecule has 1 nitrogen and oxygen atoms in total. The van der Waals surface area contributed by atoms with E-state index < -0.39 is 0 Å². The maximum atomic E-state index is 14.5. The lowest BCUT2D eigenvalue weighted by Crippen LogP contribution is -2.30. The van der Waals surface area contributed by atoms with E-state index in [4.69, 9.17) is 4.74 Å². The molecule has 0 bridgehead atoms. The first-order valence-electron chi connectivity index (χ1n) is 11.0. The van der Waals surface area contributed by atoms with Crippen molar-refractivity contribution in [3.63, 3.8) is 0 Å². The molecule has 27 heavy (non-hydrogen) atoms. The van der Waals surface area contributed by atoms with E-state index in [0.29, 0.717) is 17.1 Å². The van der Waals surface area contributed by atoms with Crippen LogP contribution < -0.4 is 4.74 Å². The average molecular weight is 369 g/mol. The third-order valence-electron chi connectivity index (χ3n) is 7.32. The lowest BCUT2D eigenvalue weighted by molar-refractivity contribution is 0.113. The van der Waals surface area contributed by atoms with E-state index in [-0.39, 0.29) is 5.82 Å². The third-order valence-corrected chi connectivity index (χ3v) is 7.32. The Morgan fingerprint density at radius 3 is 2.63 bits per heavy atom. The predicted octanol–water partition coefficient (Wildman–Crippen LogP) is 7.48. The van der Waals surface area contributed by atoms with Crippen molar-refractivity contribution >= 4 is 10.8 Å². The molecule has 2 heteroatoms. The molecule has 0 N–H and O–H groups in total. The summed E-state index contributed by atoms with van der Waals surface area (Å²) in [6.07, 6.45) is 12.5. The minimum Gasteiger partial charge on any atom is -0.494 e. The van der Waals surface area contributed by atoms with Gasteiger partial charge < -0.3 is 4.74 Å². The predicted molar refractivity (Wildman–Crippen MR) is 111 cm³/mol. The Balaban J connectivity index is 1.46. The van der Waals surface area contributed by atoms with Gasteiger partial charge in [0.1, 0.15) is 0 Å². The van der Waals surface area contributed by atoms with Gasteiger partial charge in [-0.25, -0.2) is 4.39 Å². The Labute approximate surface area is 163 Å². The number of methoxy groups -OCH3 is 1. The number of hydrogen-bond acceptors (Lipinski definition) is 1. The van der Waals surface area contributed by atoms with Crippen molar-refractivity contribution in [2.75, 3.05) is 7.11 Å². The van der Waals surface area contributed by atoms with E-state index in [1.807, 2.05) is 12.1 Å². The molecule has 2 aromatic carbocycles. The molecule has 4 rings (SSSR count).